The van der Waals surface area contributed by atoms with Gasteiger partial charge < -0.3 is 24.4 Å². The number of nitrogens with zero attached hydrogens (tertiary/aromatic N) is 2. The molecule has 36 heavy (non-hydrogen) atoms. The standard InChI is InChI=1S/C28H38N2O6/c1-8-12-29(20-13-16(3)10-11-17(20)4)25(33)23-28-14-18(5)27(7,36-28)22(26(34)35-9-2)21(28)24(32)30(23)19(6)15-31/h8,10-11,13,18-19,21-23,31H,1,9,12,14-15H2,2-7H3/t18?,19-,21+,22-,23?,27+,28?/m1/s1. The van der Waals surface area contributed by atoms with E-state index in [9.17, 15) is 19.5 Å². The first-order valence-electron chi connectivity index (χ1n) is 12.8. The fourth-order valence-electron chi connectivity index (χ4n) is 6.70. The van der Waals surface area contributed by atoms with Gasteiger partial charge in [-0.3, -0.25) is 14.4 Å². The van der Waals surface area contributed by atoms with Crippen LogP contribution in [0.2, 0.25) is 0 Å². The van der Waals surface area contributed by atoms with Gasteiger partial charge in [0.05, 0.1) is 30.8 Å². The first kappa shape index (κ1) is 26.4. The average Bonchev–Trinajstić information content (AvgIpc) is 3.35. The van der Waals surface area contributed by atoms with Gasteiger partial charge in [0, 0.05) is 12.2 Å². The van der Waals surface area contributed by atoms with E-state index in [1.54, 1.807) is 24.8 Å². The van der Waals surface area contributed by atoms with Gasteiger partial charge >= 0.3 is 5.97 Å². The Kier molecular flexibility index (Phi) is 6.81. The number of benzene rings is 1. The number of likely N-dealkylation sites (tertiary alicyclic amines) is 1. The summed E-state index contributed by atoms with van der Waals surface area (Å²) in [6.07, 6.45) is 2.11. The van der Waals surface area contributed by atoms with Crippen LogP contribution in [0.1, 0.15) is 45.2 Å². The van der Waals surface area contributed by atoms with Crippen LogP contribution in [0.5, 0.6) is 0 Å². The quantitative estimate of drug-likeness (QED) is 0.437. The highest BCUT2D eigenvalue weighted by atomic mass is 16.6. The number of aryl methyl sites for hydroxylation is 2. The first-order chi connectivity index (χ1) is 17.0. The third kappa shape index (κ3) is 3.60. The molecule has 7 atom stereocenters. The van der Waals surface area contributed by atoms with Crippen LogP contribution in [0, 0.1) is 31.6 Å². The van der Waals surface area contributed by atoms with Gasteiger partial charge in [-0.25, -0.2) is 0 Å². The Balaban J connectivity index is 1.88. The SMILES string of the molecule is C=CCN(C(=O)C1N([C@H](C)CO)C(=O)[C@@H]2[C@H](C(=O)OCC)[C@@]3(C)OC12CC3C)c1cc(C)ccc1C. The summed E-state index contributed by atoms with van der Waals surface area (Å²) in [6, 6.07) is 4.25. The lowest BCUT2D eigenvalue weighted by atomic mass is 9.62. The zero-order valence-corrected chi connectivity index (χ0v) is 22.1. The Morgan fingerprint density at radius 1 is 1.39 bits per heavy atom. The number of hydrogen-bond donors (Lipinski definition) is 1. The number of amides is 2. The van der Waals surface area contributed by atoms with Crippen molar-refractivity contribution in [3.8, 4) is 0 Å². The number of hydrogen-bond acceptors (Lipinski definition) is 6. The molecule has 3 fully saturated rings. The van der Waals surface area contributed by atoms with Crippen LogP contribution in [-0.2, 0) is 23.9 Å². The van der Waals surface area contributed by atoms with E-state index in [4.69, 9.17) is 9.47 Å². The number of ether oxygens (including phenoxy) is 2. The smallest absolute Gasteiger partial charge is 0.312 e. The van der Waals surface area contributed by atoms with Crippen molar-refractivity contribution in [1.82, 2.24) is 4.90 Å². The molecular weight excluding hydrogens is 460 g/mol. The van der Waals surface area contributed by atoms with Gasteiger partial charge in [0.25, 0.3) is 5.91 Å². The second-order valence-electron chi connectivity index (χ2n) is 10.8. The maximum absolute atomic E-state index is 14.5. The summed E-state index contributed by atoms with van der Waals surface area (Å²) in [5, 5.41) is 10.1. The normalized spacial score (nSPS) is 33.4. The second-order valence-corrected chi connectivity index (χ2v) is 10.8. The van der Waals surface area contributed by atoms with E-state index in [1.807, 2.05) is 45.9 Å². The van der Waals surface area contributed by atoms with E-state index in [0.717, 1.165) is 16.8 Å². The number of aliphatic hydroxyl groups is 1. The van der Waals surface area contributed by atoms with Crippen molar-refractivity contribution >= 4 is 23.5 Å². The maximum Gasteiger partial charge on any atom is 0.312 e. The largest absolute Gasteiger partial charge is 0.466 e. The molecular formula is C28H38N2O6. The summed E-state index contributed by atoms with van der Waals surface area (Å²) in [6.45, 7) is 15.1. The van der Waals surface area contributed by atoms with E-state index >= 15 is 0 Å². The molecule has 0 saturated carbocycles. The molecule has 2 amide bonds. The highest BCUT2D eigenvalue weighted by Crippen LogP contribution is 2.65. The number of fused-ring (bicyclic) bond motifs is 1. The van der Waals surface area contributed by atoms with E-state index in [0.29, 0.717) is 6.42 Å². The summed E-state index contributed by atoms with van der Waals surface area (Å²) in [7, 11) is 0. The monoisotopic (exact) mass is 498 g/mol. The molecule has 3 unspecified atom stereocenters. The lowest BCUT2D eigenvalue weighted by molar-refractivity contribution is -0.161. The number of carbonyl (C=O) groups is 3. The second kappa shape index (κ2) is 9.30. The van der Waals surface area contributed by atoms with Gasteiger partial charge in [-0.2, -0.15) is 0 Å². The molecule has 8 heteroatoms. The molecule has 1 aromatic rings. The molecule has 0 radical (unpaired) electrons. The number of aliphatic hydroxyl groups excluding tert-OH is 1. The maximum atomic E-state index is 14.5. The van der Waals surface area contributed by atoms with E-state index in [2.05, 4.69) is 6.58 Å². The van der Waals surface area contributed by atoms with E-state index in [1.165, 1.54) is 4.90 Å². The Labute approximate surface area is 213 Å². The molecule has 1 N–H and O–H groups in total. The number of carbonyl (C=O) groups excluding carboxylic acids is 3. The summed E-state index contributed by atoms with van der Waals surface area (Å²) in [5.74, 6) is -2.89. The minimum atomic E-state index is -1.19. The van der Waals surface area contributed by atoms with Crippen molar-refractivity contribution < 1.29 is 29.0 Å². The van der Waals surface area contributed by atoms with Gasteiger partial charge in [0.15, 0.2) is 0 Å². The number of esters is 1. The van der Waals surface area contributed by atoms with E-state index in [-0.39, 0.29) is 37.5 Å². The van der Waals surface area contributed by atoms with Crippen molar-refractivity contribution in [2.45, 2.75) is 71.2 Å². The molecule has 1 aromatic carbocycles. The topological polar surface area (TPSA) is 96.4 Å². The molecule has 4 rings (SSSR count). The van der Waals surface area contributed by atoms with Crippen molar-refractivity contribution in [3.63, 3.8) is 0 Å². The molecule has 1 spiro atoms. The van der Waals surface area contributed by atoms with Gasteiger partial charge in [-0.05, 0) is 64.2 Å². The summed E-state index contributed by atoms with van der Waals surface area (Å²) < 4.78 is 12.1. The third-order valence-corrected chi connectivity index (χ3v) is 8.50. The Bertz CT molecular complexity index is 1090. The summed E-state index contributed by atoms with van der Waals surface area (Å²) in [5.41, 5.74) is 0.524. The van der Waals surface area contributed by atoms with Crippen molar-refractivity contribution in [2.24, 2.45) is 17.8 Å². The average molecular weight is 499 g/mol. The Morgan fingerprint density at radius 3 is 2.69 bits per heavy atom. The van der Waals surface area contributed by atoms with Crippen LogP contribution in [0.15, 0.2) is 30.9 Å². The Hall–Kier alpha value is -2.71. The van der Waals surface area contributed by atoms with Crippen molar-refractivity contribution in [2.75, 3.05) is 24.7 Å². The first-order valence-corrected chi connectivity index (χ1v) is 12.8. The van der Waals surface area contributed by atoms with Gasteiger partial charge in [-0.1, -0.05) is 25.1 Å². The van der Waals surface area contributed by atoms with Crippen LogP contribution < -0.4 is 4.90 Å². The van der Waals surface area contributed by atoms with Crippen LogP contribution >= 0.6 is 0 Å². The lowest BCUT2D eigenvalue weighted by Crippen LogP contribution is -2.58. The number of rotatable bonds is 8. The Morgan fingerprint density at radius 2 is 2.08 bits per heavy atom. The van der Waals surface area contributed by atoms with Crippen LogP contribution in [0.25, 0.3) is 0 Å². The van der Waals surface area contributed by atoms with Gasteiger partial charge in [-0.15, -0.1) is 6.58 Å². The molecule has 8 nitrogen and oxygen atoms in total. The predicted molar refractivity (Wildman–Crippen MR) is 135 cm³/mol. The molecule has 3 aliphatic heterocycles. The van der Waals surface area contributed by atoms with E-state index < -0.39 is 41.1 Å². The minimum absolute atomic E-state index is 0.0794. The zero-order valence-electron chi connectivity index (χ0n) is 22.1. The van der Waals surface area contributed by atoms with Gasteiger partial charge in [0.2, 0.25) is 5.91 Å². The number of anilines is 1. The van der Waals surface area contributed by atoms with Gasteiger partial charge in [0.1, 0.15) is 17.6 Å². The van der Waals surface area contributed by atoms with Crippen molar-refractivity contribution in [3.05, 3.63) is 42.0 Å². The van der Waals surface area contributed by atoms with Crippen LogP contribution in [-0.4, -0.2) is 70.8 Å². The molecule has 3 heterocycles. The lowest BCUT2D eigenvalue weighted by Gasteiger charge is -2.39. The summed E-state index contributed by atoms with van der Waals surface area (Å²) in [4.78, 5) is 44.9. The molecule has 0 aliphatic carbocycles. The molecule has 0 aromatic heterocycles. The minimum Gasteiger partial charge on any atom is -0.466 e. The molecule has 196 valence electrons. The fraction of sp³-hybridized carbons (Fsp3) is 0.607. The highest BCUT2D eigenvalue weighted by Gasteiger charge is 2.80. The zero-order chi connectivity index (χ0) is 26.6. The highest BCUT2D eigenvalue weighted by molar-refractivity contribution is 6.05. The molecule has 3 aliphatic rings. The predicted octanol–water partition coefficient (Wildman–Crippen LogP) is 2.78. The molecule has 2 bridgehead atoms. The van der Waals surface area contributed by atoms with Crippen LogP contribution in [0.4, 0.5) is 5.69 Å². The van der Waals surface area contributed by atoms with Crippen molar-refractivity contribution in [1.29, 1.82) is 0 Å². The van der Waals surface area contributed by atoms with Crippen LogP contribution in [0.3, 0.4) is 0 Å². The fourth-order valence-corrected chi connectivity index (χ4v) is 6.70. The molecule has 3 saturated heterocycles. The third-order valence-electron chi connectivity index (χ3n) is 8.50. The summed E-state index contributed by atoms with van der Waals surface area (Å²) >= 11 is 0.